The number of carbonyl (C=O) groups is 1. The van der Waals surface area contributed by atoms with Crippen molar-refractivity contribution >= 4 is 17.2 Å². The molecule has 1 fully saturated rings. The summed E-state index contributed by atoms with van der Waals surface area (Å²) in [6.45, 7) is 0. The Morgan fingerprint density at radius 2 is 2.44 bits per heavy atom. The molecule has 16 heavy (non-hydrogen) atoms. The summed E-state index contributed by atoms with van der Waals surface area (Å²) in [4.78, 5) is 20.4. The average Bonchev–Trinajstić information content (AvgIpc) is 2.85. The molecule has 0 aromatic carbocycles. The van der Waals surface area contributed by atoms with E-state index in [1.54, 1.807) is 11.7 Å². The molecule has 0 spiro atoms. The highest BCUT2D eigenvalue weighted by Crippen LogP contribution is 2.43. The Bertz CT molecular complexity index is 488. The number of hydrogen-bond acceptors (Lipinski definition) is 5. The summed E-state index contributed by atoms with van der Waals surface area (Å²) in [6.07, 6.45) is 4.81. The number of thiazole rings is 1. The third-order valence-electron chi connectivity index (χ3n) is 2.63. The van der Waals surface area contributed by atoms with Crippen molar-refractivity contribution in [3.05, 3.63) is 28.7 Å². The first kappa shape index (κ1) is 9.46. The van der Waals surface area contributed by atoms with Crippen LogP contribution in [-0.2, 0) is 5.54 Å². The topological polar surface area (TPSA) is 83.6 Å². The molecule has 2 N–H and O–H groups in total. The van der Waals surface area contributed by atoms with E-state index < -0.39 is 0 Å². The Labute approximate surface area is 95.1 Å². The molecule has 7 heteroatoms. The van der Waals surface area contributed by atoms with Crippen molar-refractivity contribution in [3.63, 3.8) is 0 Å². The molecule has 82 valence electrons. The van der Waals surface area contributed by atoms with Crippen molar-refractivity contribution in [3.8, 4) is 0 Å². The number of nitrogens with one attached hydrogen (secondary N) is 2. The molecule has 0 aliphatic heterocycles. The van der Waals surface area contributed by atoms with Crippen molar-refractivity contribution in [1.82, 2.24) is 25.5 Å². The molecular weight excluding hydrogens is 226 g/mol. The lowest BCUT2D eigenvalue weighted by atomic mass is 10.2. The molecule has 1 aliphatic rings. The van der Waals surface area contributed by atoms with Gasteiger partial charge in [0, 0.05) is 0 Å². The van der Waals surface area contributed by atoms with Gasteiger partial charge in [0.25, 0.3) is 5.91 Å². The molecule has 2 aromatic heterocycles. The maximum Gasteiger partial charge on any atom is 0.263 e. The van der Waals surface area contributed by atoms with E-state index in [9.17, 15) is 4.79 Å². The number of rotatable bonds is 3. The molecule has 0 atom stereocenters. The lowest BCUT2D eigenvalue weighted by molar-refractivity contribution is 0.0932. The second kappa shape index (κ2) is 3.38. The summed E-state index contributed by atoms with van der Waals surface area (Å²) in [5.74, 6) is 0.627. The second-order valence-electron chi connectivity index (χ2n) is 3.74. The van der Waals surface area contributed by atoms with Gasteiger partial charge in [-0.1, -0.05) is 0 Å². The fourth-order valence-electron chi connectivity index (χ4n) is 1.59. The third kappa shape index (κ3) is 1.49. The second-order valence-corrected chi connectivity index (χ2v) is 4.62. The van der Waals surface area contributed by atoms with Crippen LogP contribution in [0.5, 0.6) is 0 Å². The molecule has 2 aromatic rings. The fraction of sp³-hybridized carbons (Fsp3) is 0.333. The van der Waals surface area contributed by atoms with Crippen LogP contribution in [-0.4, -0.2) is 26.1 Å². The van der Waals surface area contributed by atoms with Crippen molar-refractivity contribution in [2.75, 3.05) is 0 Å². The highest BCUT2D eigenvalue weighted by molar-refractivity contribution is 7.11. The highest BCUT2D eigenvalue weighted by atomic mass is 32.1. The van der Waals surface area contributed by atoms with Crippen molar-refractivity contribution in [2.45, 2.75) is 18.4 Å². The van der Waals surface area contributed by atoms with E-state index in [4.69, 9.17) is 0 Å². The molecule has 1 saturated carbocycles. The monoisotopic (exact) mass is 235 g/mol. The molecule has 0 radical (unpaired) electrons. The zero-order valence-corrected chi connectivity index (χ0v) is 9.12. The molecule has 0 saturated heterocycles. The van der Waals surface area contributed by atoms with E-state index in [1.165, 1.54) is 17.7 Å². The summed E-state index contributed by atoms with van der Waals surface area (Å²) in [5, 5.41) is 9.57. The summed E-state index contributed by atoms with van der Waals surface area (Å²) in [5.41, 5.74) is 1.31. The van der Waals surface area contributed by atoms with Gasteiger partial charge >= 0.3 is 0 Å². The Kier molecular flexibility index (Phi) is 2.00. The number of nitrogens with zero attached hydrogens (tertiary/aromatic N) is 3. The van der Waals surface area contributed by atoms with E-state index in [2.05, 4.69) is 25.5 Å². The Hall–Kier alpha value is -1.76. The van der Waals surface area contributed by atoms with Crippen molar-refractivity contribution in [2.24, 2.45) is 0 Å². The zero-order chi connectivity index (χ0) is 11.0. The Morgan fingerprint density at radius 1 is 1.56 bits per heavy atom. The van der Waals surface area contributed by atoms with Crippen LogP contribution in [0.3, 0.4) is 0 Å². The minimum absolute atomic E-state index is 0.101. The lowest BCUT2D eigenvalue weighted by Gasteiger charge is -2.13. The minimum atomic E-state index is -0.336. The molecule has 6 nitrogen and oxygen atoms in total. The standard InChI is InChI=1S/C9H9N5OS/c15-7(6-3-10-5-16-6)13-9(1-2-9)8-11-4-12-14-8/h3-5H,1-2H2,(H,13,15)(H,11,12,14). The number of hydrogen-bond donors (Lipinski definition) is 2. The molecule has 0 bridgehead atoms. The maximum absolute atomic E-state index is 11.9. The van der Waals surface area contributed by atoms with Gasteiger partial charge in [0.2, 0.25) is 0 Å². The van der Waals surface area contributed by atoms with Crippen LogP contribution in [0, 0.1) is 0 Å². The van der Waals surface area contributed by atoms with Gasteiger partial charge < -0.3 is 5.32 Å². The third-order valence-corrected chi connectivity index (χ3v) is 3.40. The SMILES string of the molecule is O=C(NC1(c2ncn[nH]2)CC1)c1cncs1. The van der Waals surface area contributed by atoms with Crippen LogP contribution in [0.1, 0.15) is 28.3 Å². The predicted octanol–water partition coefficient (Wildman–Crippen LogP) is 0.680. The van der Waals surface area contributed by atoms with Gasteiger partial charge in [0.05, 0.1) is 17.2 Å². The number of aromatic amines is 1. The smallest absolute Gasteiger partial charge is 0.263 e. The maximum atomic E-state index is 11.9. The van der Waals surface area contributed by atoms with Crippen LogP contribution in [0.2, 0.25) is 0 Å². The number of aromatic nitrogens is 4. The van der Waals surface area contributed by atoms with E-state index >= 15 is 0 Å². The van der Waals surface area contributed by atoms with Gasteiger partial charge in [-0.15, -0.1) is 11.3 Å². The molecule has 1 aliphatic carbocycles. The van der Waals surface area contributed by atoms with E-state index in [-0.39, 0.29) is 11.4 Å². The lowest BCUT2D eigenvalue weighted by Crippen LogP contribution is -2.35. The Balaban J connectivity index is 1.78. The normalized spacial score (nSPS) is 17.0. The van der Waals surface area contributed by atoms with Gasteiger partial charge in [-0.3, -0.25) is 14.9 Å². The summed E-state index contributed by atoms with van der Waals surface area (Å²) >= 11 is 1.33. The summed E-state index contributed by atoms with van der Waals surface area (Å²) in [6, 6.07) is 0. The number of H-pyrrole nitrogens is 1. The minimum Gasteiger partial charge on any atom is -0.339 e. The molecule has 2 heterocycles. The molecule has 0 unspecified atom stereocenters. The van der Waals surface area contributed by atoms with E-state index in [0.717, 1.165) is 18.7 Å². The van der Waals surface area contributed by atoms with Crippen LogP contribution in [0.15, 0.2) is 18.0 Å². The summed E-state index contributed by atoms with van der Waals surface area (Å²) < 4.78 is 0. The molecule has 1 amide bonds. The zero-order valence-electron chi connectivity index (χ0n) is 8.30. The van der Waals surface area contributed by atoms with Gasteiger partial charge in [-0.25, -0.2) is 4.98 Å². The quantitative estimate of drug-likeness (QED) is 0.819. The van der Waals surface area contributed by atoms with Gasteiger partial charge in [0.15, 0.2) is 0 Å². The van der Waals surface area contributed by atoms with Gasteiger partial charge in [0.1, 0.15) is 17.0 Å². The largest absolute Gasteiger partial charge is 0.339 e. The Morgan fingerprint density at radius 3 is 3.00 bits per heavy atom. The van der Waals surface area contributed by atoms with Crippen LogP contribution in [0.4, 0.5) is 0 Å². The molecular formula is C9H9N5OS. The van der Waals surface area contributed by atoms with E-state index in [0.29, 0.717) is 4.88 Å². The fourth-order valence-corrected chi connectivity index (χ4v) is 2.10. The van der Waals surface area contributed by atoms with Crippen molar-refractivity contribution in [1.29, 1.82) is 0 Å². The predicted molar refractivity (Wildman–Crippen MR) is 56.9 cm³/mol. The van der Waals surface area contributed by atoms with Gasteiger partial charge in [-0.2, -0.15) is 5.10 Å². The average molecular weight is 235 g/mol. The highest BCUT2D eigenvalue weighted by Gasteiger charge is 2.48. The number of amides is 1. The van der Waals surface area contributed by atoms with Crippen LogP contribution >= 0.6 is 11.3 Å². The van der Waals surface area contributed by atoms with Crippen LogP contribution in [0.25, 0.3) is 0 Å². The number of carbonyl (C=O) groups excluding carboxylic acids is 1. The molecule has 3 rings (SSSR count). The first-order valence-electron chi connectivity index (χ1n) is 4.87. The first-order chi connectivity index (χ1) is 7.80. The van der Waals surface area contributed by atoms with Crippen LogP contribution < -0.4 is 5.32 Å². The first-order valence-corrected chi connectivity index (χ1v) is 5.75. The van der Waals surface area contributed by atoms with E-state index in [1.807, 2.05) is 0 Å². The summed E-state index contributed by atoms with van der Waals surface area (Å²) in [7, 11) is 0. The van der Waals surface area contributed by atoms with Gasteiger partial charge in [-0.05, 0) is 12.8 Å². The van der Waals surface area contributed by atoms with Crippen molar-refractivity contribution < 1.29 is 4.79 Å².